The van der Waals surface area contributed by atoms with Crippen LogP contribution in [0.1, 0.15) is 15.9 Å². The van der Waals surface area contributed by atoms with Gasteiger partial charge in [-0.25, -0.2) is 9.87 Å². The molecule has 8 heteroatoms. The molecule has 0 bridgehead atoms. The Hall–Kier alpha value is -2.64. The summed E-state index contributed by atoms with van der Waals surface area (Å²) in [5, 5.41) is 8.96. The fraction of sp³-hybridized carbons (Fsp3) is 0.125. The highest BCUT2D eigenvalue weighted by Gasteiger charge is 2.27. The molecule has 0 unspecified atom stereocenters. The van der Waals surface area contributed by atoms with E-state index >= 15 is 0 Å². The number of carbonyl (C=O) groups is 2. The van der Waals surface area contributed by atoms with Gasteiger partial charge in [0.2, 0.25) is 0 Å². The molecule has 1 aliphatic rings. The molecule has 2 aromatic rings. The van der Waals surface area contributed by atoms with E-state index in [0.717, 1.165) is 0 Å². The van der Waals surface area contributed by atoms with Gasteiger partial charge in [0, 0.05) is 10.6 Å². The van der Waals surface area contributed by atoms with Gasteiger partial charge < -0.3 is 9.64 Å². The molecule has 2 aromatic carbocycles. The first-order chi connectivity index (χ1) is 11.5. The highest BCUT2D eigenvalue weighted by atomic mass is 35.5. The number of amides is 2. The van der Waals surface area contributed by atoms with Crippen molar-refractivity contribution in [3.8, 4) is 5.75 Å². The number of hydrogen-bond donors (Lipinski definition) is 2. The number of hydrogen-bond acceptors (Lipinski definition) is 4. The minimum absolute atomic E-state index is 0.0663. The second-order valence-electron chi connectivity index (χ2n) is 5.17. The molecule has 0 spiro atoms. The number of nitrogens with zero attached hydrogens (tertiary/aromatic N) is 1. The Kier molecular flexibility index (Phi) is 4.37. The Labute approximate surface area is 141 Å². The predicted molar refractivity (Wildman–Crippen MR) is 83.8 cm³/mol. The summed E-state index contributed by atoms with van der Waals surface area (Å²) < 4.78 is 18.8. The van der Waals surface area contributed by atoms with Crippen molar-refractivity contribution in [1.29, 1.82) is 0 Å². The molecule has 0 radical (unpaired) electrons. The van der Waals surface area contributed by atoms with Gasteiger partial charge in [0.05, 0.1) is 12.2 Å². The molecule has 0 fully saturated rings. The normalized spacial score (nSPS) is 13.3. The maximum atomic E-state index is 13.5. The molecule has 1 heterocycles. The van der Waals surface area contributed by atoms with Crippen LogP contribution in [0.3, 0.4) is 0 Å². The van der Waals surface area contributed by atoms with Crippen LogP contribution in [0.15, 0.2) is 36.4 Å². The number of anilines is 1. The summed E-state index contributed by atoms with van der Waals surface area (Å²) in [5.41, 5.74) is 2.53. The average Bonchev–Trinajstić information content (AvgIpc) is 2.55. The second-order valence-corrected chi connectivity index (χ2v) is 5.61. The van der Waals surface area contributed by atoms with Gasteiger partial charge in [0.15, 0.2) is 6.61 Å². The van der Waals surface area contributed by atoms with Crippen molar-refractivity contribution in [2.45, 2.75) is 6.54 Å². The second kappa shape index (κ2) is 6.46. The molecule has 1 aliphatic heterocycles. The SMILES string of the molecule is O=C(NO)c1ccc2c(c1)N(Cc1cc(F)cc(Cl)c1)C(=O)CO2. The Balaban J connectivity index is 1.99. The van der Waals surface area contributed by atoms with Gasteiger partial charge in [-0.3, -0.25) is 14.8 Å². The maximum Gasteiger partial charge on any atom is 0.274 e. The van der Waals surface area contributed by atoms with Crippen LogP contribution in [0.2, 0.25) is 5.02 Å². The van der Waals surface area contributed by atoms with Crippen LogP contribution in [0.5, 0.6) is 5.75 Å². The number of benzene rings is 2. The van der Waals surface area contributed by atoms with Crippen molar-refractivity contribution in [2.24, 2.45) is 0 Å². The minimum atomic E-state index is -0.718. The number of halogens is 2. The number of hydroxylamine groups is 1. The van der Waals surface area contributed by atoms with Crippen LogP contribution in [0, 0.1) is 5.82 Å². The lowest BCUT2D eigenvalue weighted by Crippen LogP contribution is -2.38. The molecule has 0 aromatic heterocycles. The zero-order valence-corrected chi connectivity index (χ0v) is 13.0. The quantitative estimate of drug-likeness (QED) is 0.658. The van der Waals surface area contributed by atoms with E-state index in [0.29, 0.717) is 17.0 Å². The van der Waals surface area contributed by atoms with Gasteiger partial charge in [-0.1, -0.05) is 11.6 Å². The third kappa shape index (κ3) is 3.17. The van der Waals surface area contributed by atoms with E-state index in [-0.39, 0.29) is 29.6 Å². The zero-order chi connectivity index (χ0) is 17.3. The Morgan fingerprint density at radius 2 is 2.12 bits per heavy atom. The van der Waals surface area contributed by atoms with E-state index in [9.17, 15) is 14.0 Å². The minimum Gasteiger partial charge on any atom is -0.482 e. The standard InChI is InChI=1S/C16H12ClFN2O4/c17-11-3-9(4-12(18)6-11)7-20-13-5-10(16(22)19-23)1-2-14(13)24-8-15(20)21/h1-6,23H,7-8H2,(H,19,22). The average molecular weight is 351 g/mol. The monoisotopic (exact) mass is 350 g/mol. The Morgan fingerprint density at radius 1 is 1.33 bits per heavy atom. The van der Waals surface area contributed by atoms with Crippen molar-refractivity contribution in [1.82, 2.24) is 5.48 Å². The van der Waals surface area contributed by atoms with E-state index < -0.39 is 11.7 Å². The molecule has 0 saturated carbocycles. The van der Waals surface area contributed by atoms with Gasteiger partial charge in [-0.05, 0) is 42.0 Å². The van der Waals surface area contributed by atoms with E-state index in [1.807, 2.05) is 0 Å². The number of rotatable bonds is 3. The molecule has 0 aliphatic carbocycles. The summed E-state index contributed by atoms with van der Waals surface area (Å²) in [5.74, 6) is -1.16. The molecular formula is C16H12ClFN2O4. The predicted octanol–water partition coefficient (Wildman–Crippen LogP) is 2.52. The van der Waals surface area contributed by atoms with Gasteiger partial charge in [0.1, 0.15) is 11.6 Å². The first-order valence-electron chi connectivity index (χ1n) is 6.94. The van der Waals surface area contributed by atoms with Crippen LogP contribution in [0.25, 0.3) is 0 Å². The molecule has 0 saturated heterocycles. The third-order valence-electron chi connectivity index (χ3n) is 3.53. The summed E-state index contributed by atoms with van der Waals surface area (Å²) >= 11 is 5.84. The highest BCUT2D eigenvalue weighted by molar-refractivity contribution is 6.30. The third-order valence-corrected chi connectivity index (χ3v) is 3.75. The fourth-order valence-electron chi connectivity index (χ4n) is 2.47. The lowest BCUT2D eigenvalue weighted by molar-refractivity contribution is -0.121. The van der Waals surface area contributed by atoms with E-state index in [4.69, 9.17) is 21.5 Å². The molecule has 3 rings (SSSR count). The lowest BCUT2D eigenvalue weighted by Gasteiger charge is -2.29. The topological polar surface area (TPSA) is 78.9 Å². The summed E-state index contributed by atoms with van der Waals surface area (Å²) in [7, 11) is 0. The lowest BCUT2D eigenvalue weighted by atomic mass is 10.1. The molecule has 2 amide bonds. The first kappa shape index (κ1) is 16.2. The summed E-state index contributed by atoms with van der Waals surface area (Å²) in [6.07, 6.45) is 0. The fourth-order valence-corrected chi connectivity index (χ4v) is 2.71. The van der Waals surface area contributed by atoms with E-state index in [1.54, 1.807) is 6.07 Å². The van der Waals surface area contributed by atoms with Crippen LogP contribution in [-0.4, -0.2) is 23.6 Å². The molecule has 124 valence electrons. The van der Waals surface area contributed by atoms with E-state index in [1.165, 1.54) is 40.7 Å². The van der Waals surface area contributed by atoms with Gasteiger partial charge in [-0.15, -0.1) is 0 Å². The first-order valence-corrected chi connectivity index (χ1v) is 7.32. The number of fused-ring (bicyclic) bond motifs is 1. The summed E-state index contributed by atoms with van der Waals surface area (Å²) in [6.45, 7) is -0.0987. The van der Waals surface area contributed by atoms with Crippen LogP contribution >= 0.6 is 11.6 Å². The van der Waals surface area contributed by atoms with Crippen LogP contribution in [-0.2, 0) is 11.3 Å². The van der Waals surface area contributed by atoms with Crippen molar-refractivity contribution < 1.29 is 23.9 Å². The molecule has 2 N–H and O–H groups in total. The molecule has 0 atom stereocenters. The molecular weight excluding hydrogens is 339 g/mol. The Bertz CT molecular complexity index is 807. The van der Waals surface area contributed by atoms with Crippen molar-refractivity contribution in [3.63, 3.8) is 0 Å². The van der Waals surface area contributed by atoms with Gasteiger partial charge in [-0.2, -0.15) is 0 Å². The van der Waals surface area contributed by atoms with Gasteiger partial charge in [0.25, 0.3) is 11.8 Å². The van der Waals surface area contributed by atoms with Crippen molar-refractivity contribution in [2.75, 3.05) is 11.5 Å². The largest absolute Gasteiger partial charge is 0.482 e. The van der Waals surface area contributed by atoms with Crippen LogP contribution in [0.4, 0.5) is 10.1 Å². The number of nitrogens with one attached hydrogen (secondary N) is 1. The van der Waals surface area contributed by atoms with Gasteiger partial charge >= 0.3 is 0 Å². The van der Waals surface area contributed by atoms with Crippen LogP contribution < -0.4 is 15.1 Å². The summed E-state index contributed by atoms with van der Waals surface area (Å²) in [4.78, 5) is 25.1. The molecule has 24 heavy (non-hydrogen) atoms. The highest BCUT2D eigenvalue weighted by Crippen LogP contribution is 2.34. The number of carbonyl (C=O) groups excluding carboxylic acids is 2. The maximum absolute atomic E-state index is 13.5. The van der Waals surface area contributed by atoms with E-state index in [2.05, 4.69) is 0 Å². The zero-order valence-electron chi connectivity index (χ0n) is 12.3. The van der Waals surface area contributed by atoms with Crippen molar-refractivity contribution in [3.05, 3.63) is 58.4 Å². The number of ether oxygens (including phenoxy) is 1. The smallest absolute Gasteiger partial charge is 0.274 e. The van der Waals surface area contributed by atoms with Crippen molar-refractivity contribution >= 4 is 29.1 Å². The summed E-state index contributed by atoms with van der Waals surface area (Å²) in [6, 6.07) is 8.40. The molecule has 6 nitrogen and oxygen atoms in total. The Morgan fingerprint density at radius 3 is 2.83 bits per heavy atom.